The minimum atomic E-state index is -2.61. The van der Waals surface area contributed by atoms with Crippen molar-refractivity contribution in [1.29, 1.82) is 0 Å². The van der Waals surface area contributed by atoms with Crippen LogP contribution in [0.5, 0.6) is 0 Å². The Kier molecular flexibility index (Phi) is 9.86. The Hall–Kier alpha value is -2.05. The van der Waals surface area contributed by atoms with Gasteiger partial charge < -0.3 is 14.4 Å². The molecule has 142 valence electrons. The first-order chi connectivity index (χ1) is 11.5. The first-order valence-corrected chi connectivity index (χ1v) is 7.96. The van der Waals surface area contributed by atoms with E-state index in [-0.39, 0.29) is 35.7 Å². The van der Waals surface area contributed by atoms with E-state index in [0.717, 1.165) is 18.2 Å². The van der Waals surface area contributed by atoms with Crippen LogP contribution >= 0.6 is 0 Å². The van der Waals surface area contributed by atoms with Crippen molar-refractivity contribution >= 4 is 12.4 Å². The highest BCUT2D eigenvalue weighted by molar-refractivity contribution is 5.67. The molecule has 0 spiro atoms. The molecule has 1 aromatic carbocycles. The molecule has 0 aliphatic rings. The third-order valence-corrected chi connectivity index (χ3v) is 3.03. The van der Waals surface area contributed by atoms with Gasteiger partial charge in [0.15, 0.2) is 0 Å². The zero-order chi connectivity index (χ0) is 19.6. The maximum atomic E-state index is 13.0. The lowest BCUT2D eigenvalue weighted by Crippen LogP contribution is -2.33. The molecule has 1 aromatic rings. The molecule has 0 aromatic heterocycles. The van der Waals surface area contributed by atoms with Gasteiger partial charge in [-0.15, -0.1) is 0 Å². The summed E-state index contributed by atoms with van der Waals surface area (Å²) in [6, 6.07) is 3.15. The standard InChI is InChI=1S/C10H9F3O.C8H17NO2/c11-9-4-3-8(10(12)13)6-7(9)2-1-5-14;1-6-9(5)7(10)11-8(2,3)4/h3-6,10H,1-2H2;6H2,1-5H3. The number of carbonyl (C=O) groups is 2. The number of amides is 1. The number of halogens is 3. The molecule has 0 heterocycles. The van der Waals surface area contributed by atoms with Gasteiger partial charge in [-0.25, -0.2) is 18.0 Å². The molecule has 0 atom stereocenters. The van der Waals surface area contributed by atoms with Crippen molar-refractivity contribution in [3.8, 4) is 0 Å². The smallest absolute Gasteiger partial charge is 0.410 e. The minimum Gasteiger partial charge on any atom is -0.444 e. The summed E-state index contributed by atoms with van der Waals surface area (Å²) in [5.41, 5.74) is -0.442. The highest BCUT2D eigenvalue weighted by Crippen LogP contribution is 2.21. The first kappa shape index (κ1) is 22.9. The summed E-state index contributed by atoms with van der Waals surface area (Å²) in [4.78, 5) is 22.7. The van der Waals surface area contributed by atoms with E-state index in [1.165, 1.54) is 4.90 Å². The predicted octanol–water partition coefficient (Wildman–Crippen LogP) is 4.77. The molecule has 0 saturated carbocycles. The van der Waals surface area contributed by atoms with Gasteiger partial charge in [0.25, 0.3) is 6.43 Å². The van der Waals surface area contributed by atoms with E-state index < -0.39 is 12.2 Å². The number of ether oxygens (including phenoxy) is 1. The first-order valence-electron chi connectivity index (χ1n) is 7.96. The van der Waals surface area contributed by atoms with Gasteiger partial charge in [-0.05, 0) is 51.8 Å². The van der Waals surface area contributed by atoms with Crippen LogP contribution in [0.2, 0.25) is 0 Å². The number of hydrogen-bond acceptors (Lipinski definition) is 3. The van der Waals surface area contributed by atoms with Crippen LogP contribution in [0.1, 0.15) is 51.7 Å². The van der Waals surface area contributed by atoms with Crippen molar-refractivity contribution in [2.45, 2.75) is 52.6 Å². The SMILES string of the molecule is CCN(C)C(=O)OC(C)(C)C.O=CCCc1cc(C(F)F)ccc1F. The Morgan fingerprint density at radius 2 is 1.92 bits per heavy atom. The monoisotopic (exact) mass is 361 g/mol. The van der Waals surface area contributed by atoms with E-state index in [1.807, 2.05) is 27.7 Å². The third kappa shape index (κ3) is 9.74. The van der Waals surface area contributed by atoms with E-state index >= 15 is 0 Å². The van der Waals surface area contributed by atoms with Gasteiger partial charge in [0.1, 0.15) is 17.7 Å². The highest BCUT2D eigenvalue weighted by Gasteiger charge is 2.18. The zero-order valence-corrected chi connectivity index (χ0v) is 15.3. The largest absolute Gasteiger partial charge is 0.444 e. The van der Waals surface area contributed by atoms with E-state index in [4.69, 9.17) is 4.74 Å². The summed E-state index contributed by atoms with van der Waals surface area (Å²) in [6.07, 6.45) is -1.93. The Labute approximate surface area is 147 Å². The summed E-state index contributed by atoms with van der Waals surface area (Å²) in [5, 5.41) is 0. The van der Waals surface area contributed by atoms with Crippen LogP contribution in [0.25, 0.3) is 0 Å². The average Bonchev–Trinajstić information content (AvgIpc) is 2.52. The van der Waals surface area contributed by atoms with Crippen LogP contribution in [0, 0.1) is 5.82 Å². The number of alkyl halides is 2. The maximum absolute atomic E-state index is 13.0. The summed E-state index contributed by atoms with van der Waals surface area (Å²) in [7, 11) is 1.72. The zero-order valence-electron chi connectivity index (χ0n) is 15.3. The van der Waals surface area contributed by atoms with E-state index in [1.54, 1.807) is 7.05 Å². The van der Waals surface area contributed by atoms with Crippen molar-refractivity contribution in [3.63, 3.8) is 0 Å². The molecule has 7 heteroatoms. The van der Waals surface area contributed by atoms with Crippen LogP contribution < -0.4 is 0 Å². The lowest BCUT2D eigenvalue weighted by atomic mass is 10.1. The molecule has 0 saturated heterocycles. The fourth-order valence-electron chi connectivity index (χ4n) is 1.61. The van der Waals surface area contributed by atoms with Crippen LogP contribution in [0.3, 0.4) is 0 Å². The molecule has 1 rings (SSSR count). The number of hydrogen-bond donors (Lipinski definition) is 0. The van der Waals surface area contributed by atoms with Gasteiger partial charge in [0.05, 0.1) is 0 Å². The van der Waals surface area contributed by atoms with Crippen molar-refractivity contribution in [2.24, 2.45) is 0 Å². The number of nitrogens with zero attached hydrogens (tertiary/aromatic N) is 1. The Bertz CT molecular complexity index is 557. The van der Waals surface area contributed by atoms with Gasteiger partial charge in [-0.1, -0.05) is 6.07 Å². The van der Waals surface area contributed by atoms with Crippen LogP contribution in [-0.2, 0) is 16.0 Å². The van der Waals surface area contributed by atoms with Gasteiger partial charge in [0, 0.05) is 25.6 Å². The predicted molar refractivity (Wildman–Crippen MR) is 90.3 cm³/mol. The van der Waals surface area contributed by atoms with Crippen LogP contribution in [0.4, 0.5) is 18.0 Å². The summed E-state index contributed by atoms with van der Waals surface area (Å²) in [6.45, 7) is 8.15. The van der Waals surface area contributed by atoms with Gasteiger partial charge in [-0.2, -0.15) is 0 Å². The van der Waals surface area contributed by atoms with Crippen molar-refractivity contribution < 1.29 is 27.5 Å². The molecular formula is C18H26F3NO3. The molecule has 0 fully saturated rings. The lowest BCUT2D eigenvalue weighted by molar-refractivity contribution is -0.107. The quantitative estimate of drug-likeness (QED) is 0.710. The van der Waals surface area contributed by atoms with E-state index in [9.17, 15) is 22.8 Å². The molecule has 25 heavy (non-hydrogen) atoms. The fraction of sp³-hybridized carbons (Fsp3) is 0.556. The topological polar surface area (TPSA) is 46.6 Å². The second-order valence-electron chi connectivity index (χ2n) is 6.35. The number of benzene rings is 1. The molecule has 4 nitrogen and oxygen atoms in total. The summed E-state index contributed by atoms with van der Waals surface area (Å²) in [5.74, 6) is -0.545. The minimum absolute atomic E-state index is 0.142. The Morgan fingerprint density at radius 1 is 1.32 bits per heavy atom. The third-order valence-electron chi connectivity index (χ3n) is 3.03. The fourth-order valence-corrected chi connectivity index (χ4v) is 1.61. The summed E-state index contributed by atoms with van der Waals surface area (Å²) >= 11 is 0. The van der Waals surface area contributed by atoms with E-state index in [0.29, 0.717) is 12.8 Å². The normalized spacial score (nSPS) is 10.8. The molecule has 0 bridgehead atoms. The van der Waals surface area contributed by atoms with Crippen LogP contribution in [0.15, 0.2) is 18.2 Å². The molecule has 0 N–H and O–H groups in total. The van der Waals surface area contributed by atoms with Crippen LogP contribution in [-0.4, -0.2) is 36.5 Å². The second kappa shape index (κ2) is 10.7. The molecule has 1 amide bonds. The molecule has 0 aliphatic carbocycles. The molecule has 0 aliphatic heterocycles. The number of carbonyl (C=O) groups excluding carboxylic acids is 2. The number of aldehydes is 1. The van der Waals surface area contributed by atoms with Crippen molar-refractivity contribution in [1.82, 2.24) is 4.90 Å². The molecular weight excluding hydrogens is 335 g/mol. The molecule has 0 radical (unpaired) electrons. The maximum Gasteiger partial charge on any atom is 0.410 e. The van der Waals surface area contributed by atoms with Gasteiger partial charge >= 0.3 is 6.09 Å². The highest BCUT2D eigenvalue weighted by atomic mass is 19.3. The Balaban J connectivity index is 0.000000477. The van der Waals surface area contributed by atoms with Crippen molar-refractivity contribution in [2.75, 3.05) is 13.6 Å². The summed E-state index contributed by atoms with van der Waals surface area (Å²) < 4.78 is 42.5. The number of aryl methyl sites for hydroxylation is 1. The average molecular weight is 361 g/mol. The van der Waals surface area contributed by atoms with Gasteiger partial charge in [0.2, 0.25) is 0 Å². The second-order valence-corrected chi connectivity index (χ2v) is 6.35. The van der Waals surface area contributed by atoms with Crippen molar-refractivity contribution in [3.05, 3.63) is 35.1 Å². The Morgan fingerprint density at radius 3 is 2.36 bits per heavy atom. The van der Waals surface area contributed by atoms with Gasteiger partial charge in [-0.3, -0.25) is 0 Å². The number of rotatable bonds is 5. The lowest BCUT2D eigenvalue weighted by Gasteiger charge is -2.23. The molecule has 0 unspecified atom stereocenters. The van der Waals surface area contributed by atoms with E-state index in [2.05, 4.69) is 0 Å².